The summed E-state index contributed by atoms with van der Waals surface area (Å²) in [4.78, 5) is 24.3. The van der Waals surface area contributed by atoms with Crippen LogP contribution in [0.25, 0.3) is 0 Å². The Morgan fingerprint density at radius 2 is 1.80 bits per heavy atom. The van der Waals surface area contributed by atoms with E-state index < -0.39 is 34.9 Å². The van der Waals surface area contributed by atoms with Gasteiger partial charge < -0.3 is 10.4 Å². The van der Waals surface area contributed by atoms with Crippen molar-refractivity contribution in [2.75, 3.05) is 0 Å². The lowest BCUT2D eigenvalue weighted by molar-refractivity contribution is -0.283. The number of nitrogens with one attached hydrogen (secondary N) is 1. The minimum Gasteiger partial charge on any atom is -0.480 e. The Labute approximate surface area is 145 Å². The van der Waals surface area contributed by atoms with E-state index in [1.54, 1.807) is 0 Å². The maximum Gasteiger partial charge on any atom is 0.394 e. The standard InChI is InChI=1S/C18H26F3NO3/c1-2-3-4-13(14(23)24)22-15(25)16-6-11-5-12(7-16)9-17(8-11,10-16)18(19,20)21/h11-13H,2-10H2,1H3,(H,22,25)(H,23,24). The second-order valence-corrected chi connectivity index (χ2v) is 8.53. The van der Waals surface area contributed by atoms with Crippen LogP contribution >= 0.6 is 0 Å². The highest BCUT2D eigenvalue weighted by Crippen LogP contribution is 2.69. The van der Waals surface area contributed by atoms with Crippen molar-refractivity contribution < 1.29 is 27.9 Å². The molecular formula is C18H26F3NO3. The Hall–Kier alpha value is -1.27. The van der Waals surface area contributed by atoms with Crippen LogP contribution in [0.15, 0.2) is 0 Å². The Morgan fingerprint density at radius 3 is 2.28 bits per heavy atom. The monoisotopic (exact) mass is 361 g/mol. The van der Waals surface area contributed by atoms with Gasteiger partial charge in [-0.3, -0.25) is 4.79 Å². The van der Waals surface area contributed by atoms with Gasteiger partial charge in [-0.1, -0.05) is 19.8 Å². The van der Waals surface area contributed by atoms with Crippen LogP contribution in [0.1, 0.15) is 64.7 Å². The highest BCUT2D eigenvalue weighted by molar-refractivity contribution is 5.88. The smallest absolute Gasteiger partial charge is 0.394 e. The lowest BCUT2D eigenvalue weighted by atomic mass is 9.43. The van der Waals surface area contributed by atoms with Crippen LogP contribution in [0.4, 0.5) is 13.2 Å². The van der Waals surface area contributed by atoms with Crippen molar-refractivity contribution in [1.29, 1.82) is 0 Å². The van der Waals surface area contributed by atoms with Gasteiger partial charge in [0.25, 0.3) is 0 Å². The lowest BCUT2D eigenvalue weighted by Crippen LogP contribution is -2.62. The number of amides is 1. The molecule has 3 atom stereocenters. The second kappa shape index (κ2) is 6.16. The van der Waals surface area contributed by atoms with E-state index in [4.69, 9.17) is 0 Å². The summed E-state index contributed by atoms with van der Waals surface area (Å²) in [6.07, 6.45) is -0.766. The van der Waals surface area contributed by atoms with E-state index in [1.165, 1.54) is 0 Å². The van der Waals surface area contributed by atoms with Crippen LogP contribution < -0.4 is 5.32 Å². The van der Waals surface area contributed by atoms with E-state index in [0.29, 0.717) is 25.7 Å². The number of hydrogen-bond acceptors (Lipinski definition) is 2. The Morgan fingerprint density at radius 1 is 1.20 bits per heavy atom. The van der Waals surface area contributed by atoms with Crippen molar-refractivity contribution in [2.45, 2.75) is 76.9 Å². The van der Waals surface area contributed by atoms with Gasteiger partial charge in [-0.25, -0.2) is 4.79 Å². The number of carboxylic acid groups (broad SMARTS) is 1. The topological polar surface area (TPSA) is 66.4 Å². The van der Waals surface area contributed by atoms with Gasteiger partial charge in [0.05, 0.1) is 10.8 Å². The third kappa shape index (κ3) is 3.14. The first-order valence-electron chi connectivity index (χ1n) is 9.21. The first-order valence-corrected chi connectivity index (χ1v) is 9.21. The second-order valence-electron chi connectivity index (χ2n) is 8.53. The molecule has 4 aliphatic rings. The quantitative estimate of drug-likeness (QED) is 0.754. The molecule has 0 heterocycles. The van der Waals surface area contributed by atoms with Crippen LogP contribution in [0.5, 0.6) is 0 Å². The zero-order valence-electron chi connectivity index (χ0n) is 14.5. The lowest BCUT2D eigenvalue weighted by Gasteiger charge is -2.61. The zero-order valence-corrected chi connectivity index (χ0v) is 14.5. The molecule has 4 aliphatic carbocycles. The van der Waals surface area contributed by atoms with Gasteiger partial charge >= 0.3 is 12.1 Å². The van der Waals surface area contributed by atoms with E-state index in [9.17, 15) is 27.9 Å². The summed E-state index contributed by atoms with van der Waals surface area (Å²) in [5.74, 6) is -1.74. The molecule has 0 saturated heterocycles. The number of halogens is 3. The Bertz CT molecular complexity index is 546. The van der Waals surface area contributed by atoms with E-state index in [2.05, 4.69) is 5.32 Å². The van der Waals surface area contributed by atoms with E-state index in [-0.39, 0.29) is 31.1 Å². The number of carbonyl (C=O) groups excluding carboxylic acids is 1. The third-order valence-electron chi connectivity index (χ3n) is 6.59. The van der Waals surface area contributed by atoms with E-state index >= 15 is 0 Å². The van der Waals surface area contributed by atoms with E-state index in [1.807, 2.05) is 6.92 Å². The molecule has 0 radical (unpaired) electrons. The molecule has 0 aromatic carbocycles. The summed E-state index contributed by atoms with van der Waals surface area (Å²) in [6.45, 7) is 1.92. The Kier molecular flexibility index (Phi) is 4.57. The van der Waals surface area contributed by atoms with Gasteiger partial charge in [0.1, 0.15) is 6.04 Å². The van der Waals surface area contributed by atoms with Crippen molar-refractivity contribution in [2.24, 2.45) is 22.7 Å². The van der Waals surface area contributed by atoms with Crippen molar-refractivity contribution >= 4 is 11.9 Å². The van der Waals surface area contributed by atoms with Crippen molar-refractivity contribution in [1.82, 2.24) is 5.32 Å². The predicted molar refractivity (Wildman–Crippen MR) is 84.7 cm³/mol. The average Bonchev–Trinajstić information content (AvgIpc) is 2.48. The molecule has 4 rings (SSSR count). The van der Waals surface area contributed by atoms with Crippen LogP contribution in [0.2, 0.25) is 0 Å². The highest BCUT2D eigenvalue weighted by atomic mass is 19.4. The SMILES string of the molecule is CCCCC(NC(=O)C12CC3CC(C1)CC(C(F)(F)F)(C3)C2)C(=O)O. The fraction of sp³-hybridized carbons (Fsp3) is 0.889. The Balaban J connectivity index is 1.81. The molecule has 4 fully saturated rings. The molecule has 4 saturated carbocycles. The van der Waals surface area contributed by atoms with Gasteiger partial charge in [0, 0.05) is 0 Å². The molecule has 1 amide bonds. The molecular weight excluding hydrogens is 335 g/mol. The molecule has 4 nitrogen and oxygen atoms in total. The van der Waals surface area contributed by atoms with Crippen molar-refractivity contribution in [3.63, 3.8) is 0 Å². The minimum atomic E-state index is -4.30. The number of hydrogen-bond donors (Lipinski definition) is 2. The minimum absolute atomic E-state index is 0.0763. The van der Waals surface area contributed by atoms with Crippen molar-refractivity contribution in [3.8, 4) is 0 Å². The average molecular weight is 361 g/mol. The van der Waals surface area contributed by atoms with Gasteiger partial charge in [0.15, 0.2) is 0 Å². The fourth-order valence-electron chi connectivity index (χ4n) is 5.84. The summed E-state index contributed by atoms with van der Waals surface area (Å²) in [6, 6.07) is -1.01. The summed E-state index contributed by atoms with van der Waals surface area (Å²) >= 11 is 0. The summed E-state index contributed by atoms with van der Waals surface area (Å²) in [7, 11) is 0. The molecule has 0 aromatic heterocycles. The molecule has 0 spiro atoms. The van der Waals surface area contributed by atoms with Crippen LogP contribution in [0.3, 0.4) is 0 Å². The van der Waals surface area contributed by atoms with E-state index in [0.717, 1.165) is 12.8 Å². The van der Waals surface area contributed by atoms with Gasteiger partial charge in [-0.05, 0) is 56.8 Å². The maximum atomic E-state index is 13.8. The van der Waals surface area contributed by atoms with Crippen LogP contribution in [-0.2, 0) is 9.59 Å². The number of alkyl halides is 3. The van der Waals surface area contributed by atoms with Crippen LogP contribution in [-0.4, -0.2) is 29.2 Å². The number of carbonyl (C=O) groups is 2. The molecule has 0 aliphatic heterocycles. The number of aliphatic carboxylic acids is 1. The molecule has 2 N–H and O–H groups in total. The molecule has 0 aromatic rings. The maximum absolute atomic E-state index is 13.8. The molecule has 7 heteroatoms. The summed E-state index contributed by atoms with van der Waals surface area (Å²) in [5.41, 5.74) is -2.80. The summed E-state index contributed by atoms with van der Waals surface area (Å²) < 4.78 is 41.3. The molecule has 4 bridgehead atoms. The van der Waals surface area contributed by atoms with Gasteiger partial charge in [0.2, 0.25) is 5.91 Å². The third-order valence-corrected chi connectivity index (χ3v) is 6.59. The van der Waals surface area contributed by atoms with Crippen LogP contribution in [0, 0.1) is 22.7 Å². The van der Waals surface area contributed by atoms with Crippen molar-refractivity contribution in [3.05, 3.63) is 0 Å². The highest BCUT2D eigenvalue weighted by Gasteiger charge is 2.69. The summed E-state index contributed by atoms with van der Waals surface area (Å²) in [5, 5.41) is 11.9. The molecule has 25 heavy (non-hydrogen) atoms. The van der Waals surface area contributed by atoms with Gasteiger partial charge in [-0.15, -0.1) is 0 Å². The normalized spacial score (nSPS) is 37.8. The van der Waals surface area contributed by atoms with Gasteiger partial charge in [-0.2, -0.15) is 13.2 Å². The largest absolute Gasteiger partial charge is 0.480 e. The number of unbranched alkanes of at least 4 members (excludes halogenated alkanes) is 1. The first kappa shape index (κ1) is 18.5. The number of rotatable bonds is 6. The first-order chi connectivity index (χ1) is 11.6. The zero-order chi connectivity index (χ0) is 18.5. The molecule has 3 unspecified atom stereocenters. The molecule has 142 valence electrons. The predicted octanol–water partition coefficient (Wildman–Crippen LogP) is 3.89. The number of carboxylic acids is 1. The fourth-order valence-corrected chi connectivity index (χ4v) is 5.84.